The number of benzene rings is 3. The molecule has 0 unspecified atom stereocenters. The molecule has 7 atom stereocenters. The average Bonchev–Trinajstić information content (AvgIpc) is 3.53. The van der Waals surface area contributed by atoms with E-state index in [0.29, 0.717) is 41.2 Å². The number of nitrogens with one attached hydrogen (secondary N) is 2. The van der Waals surface area contributed by atoms with Crippen LogP contribution in [0.4, 0.5) is 17.1 Å². The molecule has 53 heavy (non-hydrogen) atoms. The Morgan fingerprint density at radius 2 is 1.58 bits per heavy atom. The Kier molecular flexibility index (Phi) is 10.7. The summed E-state index contributed by atoms with van der Waals surface area (Å²) in [6.45, 7) is 8.27. The number of carbonyl (C=O) groups is 4. The zero-order valence-corrected chi connectivity index (χ0v) is 31.6. The molecule has 13 nitrogen and oxygen atoms in total. The summed E-state index contributed by atoms with van der Waals surface area (Å²) in [6.07, 6.45) is -2.99. The predicted octanol–water partition coefficient (Wildman–Crippen LogP) is 3.01. The van der Waals surface area contributed by atoms with Crippen molar-refractivity contribution in [1.82, 2.24) is 4.90 Å². The Bertz CT molecular complexity index is 1910. The lowest BCUT2D eigenvalue weighted by atomic mass is 9.82. The molecule has 3 aromatic rings. The van der Waals surface area contributed by atoms with Gasteiger partial charge in [-0.3, -0.25) is 19.2 Å². The van der Waals surface area contributed by atoms with Gasteiger partial charge in [0, 0.05) is 34.9 Å². The van der Waals surface area contributed by atoms with Crippen LogP contribution >= 0.6 is 0 Å². The lowest BCUT2D eigenvalue weighted by Gasteiger charge is -2.37. The Labute approximate surface area is 309 Å². The third-order valence-electron chi connectivity index (χ3n) is 10.8. The minimum absolute atomic E-state index is 0.0704. The van der Waals surface area contributed by atoms with Gasteiger partial charge in [0.1, 0.15) is 12.2 Å². The summed E-state index contributed by atoms with van der Waals surface area (Å²) >= 11 is 0. The van der Waals surface area contributed by atoms with E-state index >= 15 is 4.79 Å². The maximum atomic E-state index is 15.0. The highest BCUT2D eigenvalue weighted by molar-refractivity contribution is 6.71. The fraction of sp³-hybridized carbons (Fsp3) is 0.436. The molecule has 1 fully saturated rings. The fourth-order valence-corrected chi connectivity index (χ4v) is 10.8. The zero-order valence-electron chi connectivity index (χ0n) is 30.6. The van der Waals surface area contributed by atoms with Crippen LogP contribution in [-0.2, 0) is 49.0 Å². The maximum absolute atomic E-state index is 15.0. The molecule has 0 aromatic heterocycles. The van der Waals surface area contributed by atoms with Gasteiger partial charge in [0.05, 0.1) is 37.4 Å². The molecular formula is C39H48N4O9Si. The number of amides is 4. The number of carbonyl (C=O) groups excluding carboxylic acids is 4. The van der Waals surface area contributed by atoms with E-state index in [-0.39, 0.29) is 25.5 Å². The van der Waals surface area contributed by atoms with Crippen molar-refractivity contribution in [3.8, 4) is 0 Å². The second-order valence-electron chi connectivity index (χ2n) is 15.0. The van der Waals surface area contributed by atoms with Gasteiger partial charge in [-0.05, 0) is 80.4 Å². The van der Waals surface area contributed by atoms with E-state index in [1.54, 1.807) is 65.4 Å². The number of hydrogen-bond donors (Lipinski definition) is 6. The topological polar surface area (TPSA) is 189 Å². The first-order valence-electron chi connectivity index (χ1n) is 18.0. The van der Waals surface area contributed by atoms with Crippen LogP contribution in [-0.4, -0.2) is 87.9 Å². The van der Waals surface area contributed by atoms with Crippen LogP contribution in [0.5, 0.6) is 0 Å². The molecule has 3 aromatic carbocycles. The molecule has 1 saturated heterocycles. The first-order chi connectivity index (χ1) is 25.0. The predicted molar refractivity (Wildman–Crippen MR) is 200 cm³/mol. The molecule has 0 aliphatic carbocycles. The first kappa shape index (κ1) is 38.3. The Balaban J connectivity index is 1.38. The second-order valence-corrected chi connectivity index (χ2v) is 19.0. The molecular weight excluding hydrogens is 697 g/mol. The van der Waals surface area contributed by atoms with Crippen LogP contribution in [0.2, 0.25) is 18.6 Å². The molecule has 1 spiro atoms. The summed E-state index contributed by atoms with van der Waals surface area (Å²) in [4.78, 5) is 69.0. The zero-order chi connectivity index (χ0) is 38.4. The number of aliphatic hydroxyl groups excluding tert-OH is 3. The average molecular weight is 745 g/mol. The van der Waals surface area contributed by atoms with Crippen molar-refractivity contribution < 1.29 is 44.0 Å². The van der Waals surface area contributed by atoms with E-state index in [9.17, 15) is 34.5 Å². The van der Waals surface area contributed by atoms with Crippen molar-refractivity contribution in [2.75, 3.05) is 22.1 Å². The normalized spacial score (nSPS) is 24.8. The standard InChI is InChI=1S/C39H48N4O9Si/c1-22-35(53(4,5)51)33(18-34(47)42-20-27-11-7-6-10-26(27)16-30(42)21-44)52-39(22)31-17-29(41-37(49)24(3)46)13-14-32(31)43(38(39)50)19-25-9-8-12-28(15-25)40-36(48)23(2)45/h6-15,17,22-24,30,33,35,44-46,51H,16,18-21H2,1-5H3,(H,40,48)(H,41,49)/t22-,23+,24+,30+,33+,35-,39+/m1/s1. The van der Waals surface area contributed by atoms with Crippen molar-refractivity contribution in [2.24, 2.45) is 5.92 Å². The molecule has 14 heteroatoms. The molecule has 0 bridgehead atoms. The number of fused-ring (bicyclic) bond motifs is 3. The van der Waals surface area contributed by atoms with Crippen LogP contribution in [0.25, 0.3) is 0 Å². The van der Waals surface area contributed by atoms with Crippen LogP contribution in [0.1, 0.15) is 49.4 Å². The van der Waals surface area contributed by atoms with Gasteiger partial charge >= 0.3 is 0 Å². The maximum Gasteiger partial charge on any atom is 0.264 e. The minimum atomic E-state index is -3.16. The van der Waals surface area contributed by atoms with E-state index in [0.717, 1.165) is 11.1 Å². The van der Waals surface area contributed by atoms with Crippen molar-refractivity contribution in [3.05, 3.63) is 89.0 Å². The molecule has 282 valence electrons. The van der Waals surface area contributed by atoms with E-state index in [1.807, 2.05) is 31.2 Å². The number of aliphatic hydroxyl groups is 3. The number of nitrogens with zero attached hydrogens (tertiary/aromatic N) is 2. The highest BCUT2D eigenvalue weighted by atomic mass is 28.4. The van der Waals surface area contributed by atoms with Crippen molar-refractivity contribution in [3.63, 3.8) is 0 Å². The third kappa shape index (κ3) is 7.27. The molecule has 0 radical (unpaired) electrons. The van der Waals surface area contributed by atoms with Gasteiger partial charge in [0.25, 0.3) is 17.7 Å². The SMILES string of the molecule is C[C@H](O)C(=O)Nc1cccc(CN2C(=O)[C@@]3(O[C@@H](CC(=O)N4Cc5ccccc5C[C@H]4CO)[C@H]([Si](C)(C)O)[C@H]3C)c3cc(NC(=O)[C@H](C)O)ccc32)c1. The van der Waals surface area contributed by atoms with Gasteiger partial charge in [-0.1, -0.05) is 43.3 Å². The van der Waals surface area contributed by atoms with Crippen molar-refractivity contribution in [2.45, 2.75) is 95.3 Å². The highest BCUT2D eigenvalue weighted by Crippen LogP contribution is 2.60. The van der Waals surface area contributed by atoms with E-state index in [1.165, 1.54) is 13.8 Å². The van der Waals surface area contributed by atoms with Crippen LogP contribution in [0.15, 0.2) is 66.7 Å². The van der Waals surface area contributed by atoms with Crippen molar-refractivity contribution >= 4 is 49.0 Å². The largest absolute Gasteiger partial charge is 0.432 e. The minimum Gasteiger partial charge on any atom is -0.432 e. The summed E-state index contributed by atoms with van der Waals surface area (Å²) in [5.41, 5.74) is 2.25. The van der Waals surface area contributed by atoms with Gasteiger partial charge < -0.3 is 45.3 Å². The molecule has 6 rings (SSSR count). The molecule has 3 heterocycles. The van der Waals surface area contributed by atoms with Gasteiger partial charge in [0.15, 0.2) is 13.9 Å². The third-order valence-corrected chi connectivity index (χ3v) is 13.3. The molecule has 3 aliphatic heterocycles. The van der Waals surface area contributed by atoms with Gasteiger partial charge in [0.2, 0.25) is 5.91 Å². The smallest absolute Gasteiger partial charge is 0.264 e. The molecule has 3 aliphatic rings. The number of ether oxygens (including phenoxy) is 1. The highest BCUT2D eigenvalue weighted by Gasteiger charge is 2.66. The van der Waals surface area contributed by atoms with Crippen LogP contribution < -0.4 is 15.5 Å². The Morgan fingerprint density at radius 1 is 0.943 bits per heavy atom. The van der Waals surface area contributed by atoms with Crippen LogP contribution in [0, 0.1) is 5.92 Å². The number of anilines is 3. The lowest BCUT2D eigenvalue weighted by molar-refractivity contribution is -0.151. The monoisotopic (exact) mass is 744 g/mol. The lowest BCUT2D eigenvalue weighted by Crippen LogP contribution is -2.48. The number of rotatable bonds is 10. The molecule has 4 amide bonds. The summed E-state index contributed by atoms with van der Waals surface area (Å²) in [7, 11) is -3.16. The van der Waals surface area contributed by atoms with Gasteiger partial charge in [-0.2, -0.15) is 0 Å². The number of hydrogen-bond acceptors (Lipinski definition) is 9. The van der Waals surface area contributed by atoms with Gasteiger partial charge in [-0.15, -0.1) is 0 Å². The first-order valence-corrected chi connectivity index (χ1v) is 21.0. The molecule has 0 saturated carbocycles. The Morgan fingerprint density at radius 3 is 2.21 bits per heavy atom. The van der Waals surface area contributed by atoms with Crippen LogP contribution in [0.3, 0.4) is 0 Å². The van der Waals surface area contributed by atoms with E-state index < -0.39 is 67.5 Å². The van der Waals surface area contributed by atoms with E-state index in [2.05, 4.69) is 10.6 Å². The van der Waals surface area contributed by atoms with E-state index in [4.69, 9.17) is 4.74 Å². The van der Waals surface area contributed by atoms with Gasteiger partial charge in [-0.25, -0.2) is 0 Å². The summed E-state index contributed by atoms with van der Waals surface area (Å²) in [5, 5.41) is 35.3. The van der Waals surface area contributed by atoms with Crippen molar-refractivity contribution in [1.29, 1.82) is 0 Å². The Hall–Kier alpha value is -4.44. The summed E-state index contributed by atoms with van der Waals surface area (Å²) < 4.78 is 6.90. The summed E-state index contributed by atoms with van der Waals surface area (Å²) in [5.74, 6) is -2.49. The molecule has 6 N–H and O–H groups in total. The summed E-state index contributed by atoms with van der Waals surface area (Å²) in [6, 6.07) is 19.3. The quantitative estimate of drug-likeness (QED) is 0.170. The fourth-order valence-electron chi connectivity index (χ4n) is 8.27. The second kappa shape index (κ2) is 14.8.